The first-order valence-corrected chi connectivity index (χ1v) is 6.70. The van der Waals surface area contributed by atoms with E-state index in [0.29, 0.717) is 10.0 Å². The molecule has 0 aromatic heterocycles. The van der Waals surface area contributed by atoms with Gasteiger partial charge in [0.05, 0.1) is 9.85 Å². The quantitative estimate of drug-likeness (QED) is 0.629. The Balaban J connectivity index is 2.38. The van der Waals surface area contributed by atoms with Gasteiger partial charge in [-0.3, -0.25) is 0 Å². The zero-order valence-electron chi connectivity index (χ0n) is 8.85. The first-order valence-electron chi connectivity index (χ1n) is 5.47. The molecule has 16 heavy (non-hydrogen) atoms. The van der Waals surface area contributed by atoms with Crippen LogP contribution in [0.25, 0.3) is 5.57 Å². The van der Waals surface area contributed by atoms with Crippen LogP contribution in [0.4, 0.5) is 4.39 Å². The number of allylic oxidation sites excluding steroid dienone is 2. The highest BCUT2D eigenvalue weighted by molar-refractivity contribution is 9.10. The molecule has 0 radical (unpaired) electrons. The van der Waals surface area contributed by atoms with E-state index in [1.54, 1.807) is 6.07 Å². The van der Waals surface area contributed by atoms with Crippen molar-refractivity contribution >= 4 is 33.1 Å². The molecule has 0 N–H and O–H groups in total. The van der Waals surface area contributed by atoms with E-state index in [-0.39, 0.29) is 11.2 Å². The van der Waals surface area contributed by atoms with Crippen LogP contribution in [-0.2, 0) is 0 Å². The zero-order valence-corrected chi connectivity index (χ0v) is 11.2. The SMILES string of the molecule is Fc1c(Br)cccc1C1=CC(Cl)CCCC1. The van der Waals surface area contributed by atoms with Gasteiger partial charge in [0, 0.05) is 5.56 Å². The third-order valence-electron chi connectivity index (χ3n) is 2.86. The molecule has 0 spiro atoms. The van der Waals surface area contributed by atoms with E-state index < -0.39 is 0 Å². The molecule has 0 aliphatic heterocycles. The minimum absolute atomic E-state index is 0.0379. The van der Waals surface area contributed by atoms with Crippen LogP contribution in [0.5, 0.6) is 0 Å². The number of hydrogen-bond acceptors (Lipinski definition) is 0. The summed E-state index contributed by atoms with van der Waals surface area (Å²) < 4.78 is 14.4. The van der Waals surface area contributed by atoms with Crippen molar-refractivity contribution in [2.75, 3.05) is 0 Å². The molecule has 0 nitrogen and oxygen atoms in total. The van der Waals surface area contributed by atoms with Crippen molar-refractivity contribution in [2.45, 2.75) is 31.1 Å². The van der Waals surface area contributed by atoms with Crippen LogP contribution in [-0.4, -0.2) is 5.38 Å². The topological polar surface area (TPSA) is 0 Å². The fourth-order valence-electron chi connectivity index (χ4n) is 2.02. The highest BCUT2D eigenvalue weighted by atomic mass is 79.9. The van der Waals surface area contributed by atoms with Crippen molar-refractivity contribution in [1.29, 1.82) is 0 Å². The van der Waals surface area contributed by atoms with Crippen LogP contribution in [0.3, 0.4) is 0 Å². The Hall–Kier alpha value is -0.340. The molecule has 1 unspecified atom stereocenters. The predicted octanol–water partition coefficient (Wildman–Crippen LogP) is 5.15. The Morgan fingerprint density at radius 1 is 1.31 bits per heavy atom. The molecule has 2 rings (SSSR count). The Morgan fingerprint density at radius 2 is 2.12 bits per heavy atom. The van der Waals surface area contributed by atoms with Crippen molar-refractivity contribution < 1.29 is 4.39 Å². The van der Waals surface area contributed by atoms with Crippen LogP contribution in [0.15, 0.2) is 28.7 Å². The van der Waals surface area contributed by atoms with E-state index in [9.17, 15) is 4.39 Å². The second kappa shape index (κ2) is 5.33. The molecule has 0 heterocycles. The summed E-state index contributed by atoms with van der Waals surface area (Å²) >= 11 is 9.36. The molecule has 1 aliphatic rings. The summed E-state index contributed by atoms with van der Waals surface area (Å²) in [5.74, 6) is -0.181. The summed E-state index contributed by atoms with van der Waals surface area (Å²) in [6, 6.07) is 5.40. The minimum Gasteiger partial charge on any atom is -0.205 e. The normalized spacial score (nSPS) is 21.4. The second-order valence-electron chi connectivity index (χ2n) is 4.06. The van der Waals surface area contributed by atoms with Gasteiger partial charge in [-0.1, -0.05) is 24.6 Å². The van der Waals surface area contributed by atoms with Gasteiger partial charge in [-0.25, -0.2) is 4.39 Å². The van der Waals surface area contributed by atoms with Crippen molar-refractivity contribution in [2.24, 2.45) is 0 Å². The molecule has 0 bridgehead atoms. The van der Waals surface area contributed by atoms with Gasteiger partial charge < -0.3 is 0 Å². The van der Waals surface area contributed by atoms with Gasteiger partial charge in [-0.05, 0) is 46.8 Å². The van der Waals surface area contributed by atoms with E-state index in [2.05, 4.69) is 15.9 Å². The first-order chi connectivity index (χ1) is 7.68. The van der Waals surface area contributed by atoms with E-state index in [4.69, 9.17) is 11.6 Å². The van der Waals surface area contributed by atoms with Gasteiger partial charge in [-0.15, -0.1) is 11.6 Å². The first kappa shape index (κ1) is 12.1. The van der Waals surface area contributed by atoms with Crippen molar-refractivity contribution in [3.63, 3.8) is 0 Å². The Labute approximate surface area is 109 Å². The van der Waals surface area contributed by atoms with Gasteiger partial charge in [-0.2, -0.15) is 0 Å². The Morgan fingerprint density at radius 3 is 2.94 bits per heavy atom. The number of benzene rings is 1. The van der Waals surface area contributed by atoms with E-state index in [1.807, 2.05) is 18.2 Å². The summed E-state index contributed by atoms with van der Waals surface area (Å²) in [7, 11) is 0. The van der Waals surface area contributed by atoms with Gasteiger partial charge in [0.25, 0.3) is 0 Å². The van der Waals surface area contributed by atoms with E-state index in [1.165, 1.54) is 0 Å². The third-order valence-corrected chi connectivity index (χ3v) is 3.81. The molecular formula is C13H13BrClF. The smallest absolute Gasteiger partial charge is 0.144 e. The molecule has 0 saturated carbocycles. The maximum atomic E-state index is 13.9. The monoisotopic (exact) mass is 302 g/mol. The Kier molecular flexibility index (Phi) is 4.04. The lowest BCUT2D eigenvalue weighted by atomic mass is 10.0. The average Bonchev–Trinajstić information content (AvgIpc) is 2.47. The van der Waals surface area contributed by atoms with Crippen molar-refractivity contribution in [1.82, 2.24) is 0 Å². The molecule has 3 heteroatoms. The molecule has 0 fully saturated rings. The van der Waals surface area contributed by atoms with Crippen LogP contribution >= 0.6 is 27.5 Å². The summed E-state index contributed by atoms with van der Waals surface area (Å²) in [5, 5.41) is 0.0379. The number of rotatable bonds is 1. The molecule has 1 aromatic carbocycles. The molecule has 86 valence electrons. The molecule has 0 saturated heterocycles. The minimum atomic E-state index is -0.181. The second-order valence-corrected chi connectivity index (χ2v) is 5.47. The highest BCUT2D eigenvalue weighted by Gasteiger charge is 2.15. The fourth-order valence-corrected chi connectivity index (χ4v) is 2.69. The predicted molar refractivity (Wildman–Crippen MR) is 70.2 cm³/mol. The van der Waals surface area contributed by atoms with Crippen LogP contribution < -0.4 is 0 Å². The van der Waals surface area contributed by atoms with Gasteiger partial charge in [0.1, 0.15) is 5.82 Å². The van der Waals surface area contributed by atoms with E-state index >= 15 is 0 Å². The maximum absolute atomic E-state index is 13.9. The third kappa shape index (κ3) is 2.67. The Bertz CT molecular complexity index is 414. The van der Waals surface area contributed by atoms with Gasteiger partial charge in [0.15, 0.2) is 0 Å². The number of alkyl halides is 1. The van der Waals surface area contributed by atoms with Crippen molar-refractivity contribution in [3.8, 4) is 0 Å². The lowest BCUT2D eigenvalue weighted by Gasteiger charge is -2.08. The zero-order chi connectivity index (χ0) is 11.5. The standard InChI is InChI=1S/C13H13BrClF/c14-12-7-3-6-11(13(12)16)9-4-1-2-5-10(15)8-9/h3,6-8,10H,1-2,4-5H2. The summed E-state index contributed by atoms with van der Waals surface area (Å²) in [6.45, 7) is 0. The summed E-state index contributed by atoms with van der Waals surface area (Å²) in [6.07, 6.45) is 6.10. The molecule has 1 aromatic rings. The summed E-state index contributed by atoms with van der Waals surface area (Å²) in [4.78, 5) is 0. The van der Waals surface area contributed by atoms with Gasteiger partial charge >= 0.3 is 0 Å². The van der Waals surface area contributed by atoms with Gasteiger partial charge in [0.2, 0.25) is 0 Å². The largest absolute Gasteiger partial charge is 0.205 e. The fraction of sp³-hybridized carbons (Fsp3) is 0.385. The number of halogens is 3. The van der Waals surface area contributed by atoms with Crippen LogP contribution in [0.1, 0.15) is 31.2 Å². The van der Waals surface area contributed by atoms with Crippen LogP contribution in [0, 0.1) is 5.82 Å². The molecular weight excluding hydrogens is 290 g/mol. The lowest BCUT2D eigenvalue weighted by Crippen LogP contribution is -1.94. The average molecular weight is 304 g/mol. The lowest BCUT2D eigenvalue weighted by molar-refractivity contribution is 0.616. The number of hydrogen-bond donors (Lipinski definition) is 0. The highest BCUT2D eigenvalue weighted by Crippen LogP contribution is 2.31. The molecule has 0 amide bonds. The molecule has 1 aliphatic carbocycles. The van der Waals surface area contributed by atoms with Crippen LogP contribution in [0.2, 0.25) is 0 Å². The molecule has 1 atom stereocenters. The summed E-state index contributed by atoms with van der Waals surface area (Å²) in [5.41, 5.74) is 1.72. The van der Waals surface area contributed by atoms with E-state index in [0.717, 1.165) is 31.3 Å². The van der Waals surface area contributed by atoms with Crippen molar-refractivity contribution in [3.05, 3.63) is 40.1 Å². The maximum Gasteiger partial charge on any atom is 0.144 e.